The van der Waals surface area contributed by atoms with Gasteiger partial charge in [-0.3, -0.25) is 4.68 Å². The zero-order valence-electron chi connectivity index (χ0n) is 12.2. The number of hydrogen-bond acceptors (Lipinski definition) is 4. The number of fused-ring (bicyclic) bond motifs is 1. The number of aryl methyl sites for hydroxylation is 1. The molecule has 0 spiro atoms. The first-order valence-electron chi connectivity index (χ1n) is 7.03. The fourth-order valence-electron chi connectivity index (χ4n) is 2.27. The lowest BCUT2D eigenvalue weighted by molar-refractivity contribution is 0.0636. The number of methoxy groups -OCH3 is 1. The summed E-state index contributed by atoms with van der Waals surface area (Å²) in [5.41, 5.74) is 8.33. The number of hydrogen-bond donors (Lipinski definition) is 1. The van der Waals surface area contributed by atoms with Crippen LogP contribution in [0, 0.1) is 0 Å². The molecule has 0 radical (unpaired) electrons. The van der Waals surface area contributed by atoms with Gasteiger partial charge < -0.3 is 15.2 Å². The molecular formula is C15H23N3O2. The largest absolute Gasteiger partial charge is 0.382 e. The molecule has 20 heavy (non-hydrogen) atoms. The molecule has 2 N–H and O–H groups in total. The van der Waals surface area contributed by atoms with Gasteiger partial charge in [0.05, 0.1) is 31.0 Å². The molecule has 1 aromatic carbocycles. The van der Waals surface area contributed by atoms with Crippen molar-refractivity contribution in [3.05, 3.63) is 30.0 Å². The number of nitrogens with two attached hydrogens (primary N) is 1. The predicted molar refractivity (Wildman–Crippen MR) is 79.8 cm³/mol. The Morgan fingerprint density at radius 1 is 1.30 bits per heavy atom. The minimum absolute atomic E-state index is 0.0459. The second-order valence-electron chi connectivity index (χ2n) is 4.81. The summed E-state index contributed by atoms with van der Waals surface area (Å²) >= 11 is 0. The Morgan fingerprint density at radius 3 is 2.85 bits per heavy atom. The summed E-state index contributed by atoms with van der Waals surface area (Å²) < 4.78 is 12.4. The summed E-state index contributed by atoms with van der Waals surface area (Å²) in [6.07, 6.45) is 0.723. The molecule has 2 rings (SSSR count). The van der Waals surface area contributed by atoms with Gasteiger partial charge in [0.1, 0.15) is 0 Å². The highest BCUT2D eigenvalue weighted by molar-refractivity contribution is 5.82. The van der Waals surface area contributed by atoms with Crippen molar-refractivity contribution in [3.8, 4) is 0 Å². The van der Waals surface area contributed by atoms with Crippen LogP contribution in [-0.4, -0.2) is 42.8 Å². The lowest BCUT2D eigenvalue weighted by Gasteiger charge is -2.10. The third-order valence-corrected chi connectivity index (χ3v) is 3.25. The van der Waals surface area contributed by atoms with E-state index in [0.29, 0.717) is 19.8 Å². The third-order valence-electron chi connectivity index (χ3n) is 3.25. The summed E-state index contributed by atoms with van der Waals surface area (Å²) in [5.74, 6) is 0. The zero-order chi connectivity index (χ0) is 14.4. The first-order valence-corrected chi connectivity index (χ1v) is 7.03. The number of rotatable bonds is 8. The fourth-order valence-corrected chi connectivity index (χ4v) is 2.27. The molecule has 0 aliphatic heterocycles. The third kappa shape index (κ3) is 3.56. The number of para-hydroxylation sites is 1. The molecule has 0 aliphatic carbocycles. The van der Waals surface area contributed by atoms with Gasteiger partial charge in [-0.1, -0.05) is 18.2 Å². The van der Waals surface area contributed by atoms with Crippen LogP contribution in [-0.2, 0) is 22.4 Å². The molecule has 5 nitrogen and oxygen atoms in total. The van der Waals surface area contributed by atoms with Gasteiger partial charge in [-0.2, -0.15) is 5.10 Å². The van der Waals surface area contributed by atoms with E-state index in [1.54, 1.807) is 7.11 Å². The van der Waals surface area contributed by atoms with Gasteiger partial charge in [0, 0.05) is 31.5 Å². The monoisotopic (exact) mass is 277 g/mol. The van der Waals surface area contributed by atoms with E-state index in [1.165, 1.54) is 5.39 Å². The molecule has 0 saturated carbocycles. The zero-order valence-corrected chi connectivity index (χ0v) is 12.2. The molecule has 1 heterocycles. The van der Waals surface area contributed by atoms with Crippen LogP contribution in [0.3, 0.4) is 0 Å². The topological polar surface area (TPSA) is 62.3 Å². The number of benzene rings is 1. The minimum atomic E-state index is -0.0459. The van der Waals surface area contributed by atoms with Crippen LogP contribution in [0.15, 0.2) is 24.3 Å². The van der Waals surface area contributed by atoms with Crippen molar-refractivity contribution in [2.75, 3.05) is 26.9 Å². The van der Waals surface area contributed by atoms with Gasteiger partial charge in [0.25, 0.3) is 0 Å². The average Bonchev–Trinajstić information content (AvgIpc) is 2.82. The van der Waals surface area contributed by atoms with Gasteiger partial charge in [-0.05, 0) is 13.0 Å². The van der Waals surface area contributed by atoms with E-state index < -0.39 is 0 Å². The van der Waals surface area contributed by atoms with Crippen LogP contribution >= 0.6 is 0 Å². The Morgan fingerprint density at radius 2 is 2.10 bits per heavy atom. The first-order chi connectivity index (χ1) is 9.76. The molecule has 1 atom stereocenters. The maximum absolute atomic E-state index is 6.11. The lowest BCUT2D eigenvalue weighted by atomic mass is 10.1. The second kappa shape index (κ2) is 7.38. The first kappa shape index (κ1) is 15.0. The quantitative estimate of drug-likeness (QED) is 0.744. The van der Waals surface area contributed by atoms with Crippen LogP contribution < -0.4 is 5.73 Å². The molecule has 2 aromatic rings. The number of aromatic nitrogens is 2. The van der Waals surface area contributed by atoms with Gasteiger partial charge in [0.15, 0.2) is 0 Å². The summed E-state index contributed by atoms with van der Waals surface area (Å²) in [7, 11) is 1.66. The fraction of sp³-hybridized carbons (Fsp3) is 0.533. The average molecular weight is 277 g/mol. The van der Waals surface area contributed by atoms with E-state index in [2.05, 4.69) is 24.2 Å². The summed E-state index contributed by atoms with van der Waals surface area (Å²) in [6.45, 7) is 4.65. The van der Waals surface area contributed by atoms with E-state index in [4.69, 9.17) is 15.2 Å². The molecule has 1 aromatic heterocycles. The maximum Gasteiger partial charge on any atom is 0.0719 e. The van der Waals surface area contributed by atoms with E-state index >= 15 is 0 Å². The highest BCUT2D eigenvalue weighted by Crippen LogP contribution is 2.19. The Balaban J connectivity index is 2.02. The van der Waals surface area contributed by atoms with Crippen molar-refractivity contribution < 1.29 is 9.47 Å². The maximum atomic E-state index is 6.11. The number of ether oxygens (including phenoxy) is 2. The molecular weight excluding hydrogens is 254 g/mol. The van der Waals surface area contributed by atoms with Crippen molar-refractivity contribution in [3.63, 3.8) is 0 Å². The van der Waals surface area contributed by atoms with Gasteiger partial charge in [0.2, 0.25) is 0 Å². The summed E-state index contributed by atoms with van der Waals surface area (Å²) in [6, 6.07) is 8.22. The van der Waals surface area contributed by atoms with Crippen molar-refractivity contribution >= 4 is 10.9 Å². The van der Waals surface area contributed by atoms with Gasteiger partial charge in [-0.15, -0.1) is 0 Å². The van der Waals surface area contributed by atoms with Crippen molar-refractivity contribution in [1.82, 2.24) is 9.78 Å². The van der Waals surface area contributed by atoms with E-state index in [1.807, 2.05) is 16.8 Å². The van der Waals surface area contributed by atoms with Crippen LogP contribution in [0.4, 0.5) is 0 Å². The van der Waals surface area contributed by atoms with Crippen LogP contribution in [0.1, 0.15) is 12.6 Å². The van der Waals surface area contributed by atoms with Crippen LogP contribution in [0.25, 0.3) is 10.9 Å². The minimum Gasteiger partial charge on any atom is -0.382 e. The van der Waals surface area contributed by atoms with E-state index in [0.717, 1.165) is 24.2 Å². The van der Waals surface area contributed by atoms with Gasteiger partial charge >= 0.3 is 0 Å². The molecule has 0 fully saturated rings. The molecule has 0 aliphatic rings. The molecule has 5 heteroatoms. The smallest absolute Gasteiger partial charge is 0.0719 e. The van der Waals surface area contributed by atoms with Crippen LogP contribution in [0.2, 0.25) is 0 Å². The normalized spacial score (nSPS) is 12.9. The standard InChI is InChI=1S/C15H23N3O2/c1-3-18-15-7-5-4-6-13(15)14(17-18)10-12(16)11-20-9-8-19-2/h4-7,12H,3,8-11,16H2,1-2H3. The Hall–Kier alpha value is -1.43. The molecule has 0 amide bonds. The van der Waals surface area contributed by atoms with Gasteiger partial charge in [-0.25, -0.2) is 0 Å². The van der Waals surface area contributed by atoms with Crippen molar-refractivity contribution in [2.24, 2.45) is 5.73 Å². The predicted octanol–water partition coefficient (Wildman–Crippen LogP) is 1.59. The Bertz CT molecular complexity index is 539. The Labute approximate surface area is 119 Å². The van der Waals surface area contributed by atoms with Crippen molar-refractivity contribution in [1.29, 1.82) is 0 Å². The SMILES string of the molecule is CCn1nc(CC(N)COCCOC)c2ccccc21. The molecule has 0 saturated heterocycles. The molecule has 0 bridgehead atoms. The highest BCUT2D eigenvalue weighted by Gasteiger charge is 2.12. The summed E-state index contributed by atoms with van der Waals surface area (Å²) in [5, 5.41) is 5.83. The summed E-state index contributed by atoms with van der Waals surface area (Å²) in [4.78, 5) is 0. The van der Waals surface area contributed by atoms with E-state index in [9.17, 15) is 0 Å². The second-order valence-corrected chi connectivity index (χ2v) is 4.81. The molecule has 110 valence electrons. The Kier molecular flexibility index (Phi) is 5.52. The molecule has 1 unspecified atom stereocenters. The van der Waals surface area contributed by atoms with E-state index in [-0.39, 0.29) is 6.04 Å². The van der Waals surface area contributed by atoms with Crippen molar-refractivity contribution in [2.45, 2.75) is 25.9 Å². The number of nitrogens with zero attached hydrogens (tertiary/aromatic N) is 2. The highest BCUT2D eigenvalue weighted by atomic mass is 16.5. The lowest BCUT2D eigenvalue weighted by Crippen LogP contribution is -2.29. The van der Waals surface area contributed by atoms with Crippen LogP contribution in [0.5, 0.6) is 0 Å².